The monoisotopic (exact) mass is 564 g/mol. The molecule has 1 aliphatic rings. The van der Waals surface area contributed by atoms with Crippen LogP contribution in [-0.2, 0) is 28.8 Å². The fraction of sp³-hybridized carbons (Fsp3) is 0.640. The molecule has 0 spiro atoms. The number of nitrogens with two attached hydrogens (primary N) is 1. The van der Waals surface area contributed by atoms with Gasteiger partial charge in [-0.05, 0) is 38.5 Å². The molecule has 1 aliphatic heterocycles. The predicted octanol–water partition coefficient (Wildman–Crippen LogP) is -2.43. The summed E-state index contributed by atoms with van der Waals surface area (Å²) in [5, 5.41) is 20.0. The van der Waals surface area contributed by atoms with E-state index in [1.807, 2.05) is 0 Å². The first-order valence-electron chi connectivity index (χ1n) is 13.4. The number of amides is 7. The second kappa shape index (κ2) is 17.1. The third-order valence-corrected chi connectivity index (χ3v) is 6.27. The van der Waals surface area contributed by atoms with Gasteiger partial charge in [0.25, 0.3) is 11.8 Å². The average Bonchev–Trinajstić information content (AvgIpc) is 3.18. The third kappa shape index (κ3) is 12.0. The second-order valence-corrected chi connectivity index (χ2v) is 10.1. The van der Waals surface area contributed by atoms with Crippen LogP contribution in [0.4, 0.5) is 4.79 Å². The van der Waals surface area contributed by atoms with Gasteiger partial charge < -0.3 is 36.9 Å². The summed E-state index contributed by atoms with van der Waals surface area (Å²) < 4.78 is 0. The largest absolute Gasteiger partial charge is 0.391 e. The van der Waals surface area contributed by atoms with Gasteiger partial charge in [0.1, 0.15) is 23.8 Å². The molecule has 0 aliphatic carbocycles. The summed E-state index contributed by atoms with van der Waals surface area (Å²) in [5.74, 6) is -2.72. The molecule has 7 amide bonds. The number of primary amides is 1. The number of nitrogens with one attached hydrogen (secondary N) is 4. The molecule has 4 atom stereocenters. The minimum atomic E-state index is -1.17. The van der Waals surface area contributed by atoms with Crippen LogP contribution < -0.4 is 27.0 Å². The zero-order chi connectivity index (χ0) is 30.4. The lowest BCUT2D eigenvalue weighted by Crippen LogP contribution is -2.58. The van der Waals surface area contributed by atoms with Gasteiger partial charge in [-0.3, -0.25) is 28.9 Å². The van der Waals surface area contributed by atoms with Gasteiger partial charge >= 0.3 is 6.03 Å². The second-order valence-electron chi connectivity index (χ2n) is 10.1. The summed E-state index contributed by atoms with van der Waals surface area (Å²) in [6, 6.07) is -3.99. The summed E-state index contributed by atoms with van der Waals surface area (Å²) in [4.78, 5) is 85.7. The molecule has 1 heterocycles. The molecule has 0 bridgehead atoms. The average molecular weight is 564 g/mol. The molecule has 0 saturated carbocycles. The maximum absolute atomic E-state index is 13.1. The molecule has 0 fully saturated rings. The summed E-state index contributed by atoms with van der Waals surface area (Å²) >= 11 is 0. The first kappa shape index (κ1) is 34.3. The lowest BCUT2D eigenvalue weighted by Gasteiger charge is -2.27. The van der Waals surface area contributed by atoms with Gasteiger partial charge in [-0.1, -0.05) is 20.3 Å². The summed E-state index contributed by atoms with van der Waals surface area (Å²) in [6.07, 6.45) is 3.34. The van der Waals surface area contributed by atoms with Crippen LogP contribution in [0.5, 0.6) is 0 Å². The van der Waals surface area contributed by atoms with Crippen molar-refractivity contribution < 1.29 is 38.7 Å². The van der Waals surface area contributed by atoms with Crippen LogP contribution >= 0.6 is 0 Å². The molecule has 1 unspecified atom stereocenters. The Labute approximate surface area is 234 Å². The molecule has 14 nitrogen and oxygen atoms in total. The number of nitrogens with zero attached hydrogens (tertiary/aromatic N) is 1. The van der Waals surface area contributed by atoms with Crippen LogP contribution in [0.3, 0.4) is 0 Å². The number of imide groups is 1. The van der Waals surface area contributed by atoms with Gasteiger partial charge in [-0.2, -0.15) is 0 Å². The van der Waals surface area contributed by atoms with E-state index in [1.165, 1.54) is 26.9 Å². The van der Waals surface area contributed by atoms with E-state index in [0.29, 0.717) is 19.3 Å². The lowest BCUT2D eigenvalue weighted by molar-refractivity contribution is -0.137. The number of carbonyl (C=O) groups excluding carboxylic acids is 7. The van der Waals surface area contributed by atoms with Crippen LogP contribution in [0, 0.1) is 5.92 Å². The van der Waals surface area contributed by atoms with E-state index < -0.39 is 47.8 Å². The number of aliphatic hydroxyl groups is 1. The Morgan fingerprint density at radius 2 is 1.52 bits per heavy atom. The Kier molecular flexibility index (Phi) is 14.6. The van der Waals surface area contributed by atoms with Crippen LogP contribution in [0.15, 0.2) is 12.2 Å². The van der Waals surface area contributed by atoms with E-state index in [9.17, 15) is 38.7 Å². The molecular weight excluding hydrogens is 523 g/mol. The van der Waals surface area contributed by atoms with Crippen LogP contribution in [0.2, 0.25) is 0 Å². The van der Waals surface area contributed by atoms with E-state index >= 15 is 0 Å². The van der Waals surface area contributed by atoms with Gasteiger partial charge in [0.2, 0.25) is 17.7 Å². The molecule has 0 saturated heterocycles. The molecule has 0 aromatic rings. The topological polar surface area (TPSA) is 217 Å². The quantitative estimate of drug-likeness (QED) is 0.0596. The standard InChI is InChI=1S/C25H41BN6O8/c1-14(2)20(30-17(34)9-5-4-6-13-32-18(35)10-11-19(32)36)24(39)29-16(8-7-12-28-25(27)40)23(38)31-21(15(3)33)22(26)37/h10-11,14-16,20-21,33H,4-9,12-13,26H2,1-3H3,(H,29,39)(H,30,34)(H,31,38)(H3,27,28,40)/t15-,16-,20?,21+/m0/s1. The SMILES string of the molecule is BC(=O)[C@H](NC(=O)[C@H](CCCNC(N)=O)NC(=O)C(NC(=O)CCCCCN1C(=O)C=CC1=O)C(C)C)[C@H](C)O. The summed E-state index contributed by atoms with van der Waals surface area (Å²) in [7, 11) is 1.22. The van der Waals surface area contributed by atoms with Gasteiger partial charge in [-0.25, -0.2) is 4.79 Å². The normalized spacial score (nSPS) is 15.8. The van der Waals surface area contributed by atoms with Gasteiger partial charge in [-0.15, -0.1) is 0 Å². The molecule has 1 rings (SSSR count). The molecule has 0 aromatic heterocycles. The minimum absolute atomic E-state index is 0.0819. The fourth-order valence-electron chi connectivity index (χ4n) is 4.03. The van der Waals surface area contributed by atoms with Gasteiger partial charge in [0, 0.05) is 31.7 Å². The highest BCUT2D eigenvalue weighted by Crippen LogP contribution is 2.10. The fourth-order valence-corrected chi connectivity index (χ4v) is 4.03. The van der Waals surface area contributed by atoms with Crippen molar-refractivity contribution in [3.63, 3.8) is 0 Å². The van der Waals surface area contributed by atoms with E-state index in [-0.39, 0.29) is 56.0 Å². The molecule has 0 radical (unpaired) electrons. The predicted molar refractivity (Wildman–Crippen MR) is 147 cm³/mol. The Balaban J connectivity index is 2.72. The highest BCUT2D eigenvalue weighted by Gasteiger charge is 2.31. The zero-order valence-electron chi connectivity index (χ0n) is 23.5. The van der Waals surface area contributed by atoms with Crippen LogP contribution in [-0.4, -0.2) is 96.4 Å². The number of rotatable bonds is 18. The van der Waals surface area contributed by atoms with E-state index in [2.05, 4.69) is 21.3 Å². The van der Waals surface area contributed by atoms with Crippen molar-refractivity contribution in [3.8, 4) is 0 Å². The highest BCUT2D eigenvalue weighted by atomic mass is 16.3. The number of aliphatic hydroxyl groups excluding tert-OH is 1. The Hall–Kier alpha value is -3.75. The molecule has 0 aromatic carbocycles. The molecule has 222 valence electrons. The molecular formula is C25H41BN6O8. The van der Waals surface area contributed by atoms with Crippen molar-refractivity contribution in [2.75, 3.05) is 13.1 Å². The third-order valence-electron chi connectivity index (χ3n) is 6.27. The lowest BCUT2D eigenvalue weighted by atomic mass is 9.91. The highest BCUT2D eigenvalue weighted by molar-refractivity contribution is 6.59. The van der Waals surface area contributed by atoms with Gasteiger partial charge in [0.05, 0.1) is 6.10 Å². The van der Waals surface area contributed by atoms with E-state index in [0.717, 1.165) is 4.90 Å². The van der Waals surface area contributed by atoms with Crippen molar-refractivity contribution in [2.45, 2.75) is 83.5 Å². The van der Waals surface area contributed by atoms with Crippen molar-refractivity contribution in [1.82, 2.24) is 26.2 Å². The van der Waals surface area contributed by atoms with Crippen molar-refractivity contribution in [3.05, 3.63) is 12.2 Å². The summed E-state index contributed by atoms with van der Waals surface area (Å²) in [6.45, 7) is 5.22. The number of carbonyl (C=O) groups is 7. The zero-order valence-corrected chi connectivity index (χ0v) is 23.5. The Morgan fingerprint density at radius 1 is 0.900 bits per heavy atom. The van der Waals surface area contributed by atoms with Crippen molar-refractivity contribution in [1.29, 1.82) is 0 Å². The molecule has 40 heavy (non-hydrogen) atoms. The number of urea groups is 1. The number of hydrogen-bond acceptors (Lipinski definition) is 8. The number of hydrogen-bond donors (Lipinski definition) is 6. The smallest absolute Gasteiger partial charge is 0.312 e. The van der Waals surface area contributed by atoms with Crippen molar-refractivity contribution >= 4 is 49.1 Å². The maximum atomic E-state index is 13.1. The molecule has 7 N–H and O–H groups in total. The molecule has 15 heteroatoms. The van der Waals surface area contributed by atoms with Crippen LogP contribution in [0.25, 0.3) is 0 Å². The van der Waals surface area contributed by atoms with Gasteiger partial charge in [0.15, 0.2) is 7.85 Å². The van der Waals surface area contributed by atoms with E-state index in [4.69, 9.17) is 5.73 Å². The van der Waals surface area contributed by atoms with Crippen LogP contribution in [0.1, 0.15) is 59.3 Å². The first-order chi connectivity index (χ1) is 18.7. The maximum Gasteiger partial charge on any atom is 0.312 e. The number of unbranched alkanes of at least 4 members (excludes halogenated alkanes) is 2. The summed E-state index contributed by atoms with van der Waals surface area (Å²) in [5.41, 5.74) is 4.59. The Bertz CT molecular complexity index is 968. The first-order valence-corrected chi connectivity index (χ1v) is 13.4. The minimum Gasteiger partial charge on any atom is -0.391 e. The van der Waals surface area contributed by atoms with Crippen molar-refractivity contribution in [2.24, 2.45) is 11.7 Å². The Morgan fingerprint density at radius 3 is 2.05 bits per heavy atom. The van der Waals surface area contributed by atoms with E-state index in [1.54, 1.807) is 13.8 Å².